The Morgan fingerprint density at radius 3 is 2.48 bits per heavy atom. The van der Waals surface area contributed by atoms with Crippen molar-refractivity contribution in [3.8, 4) is 11.1 Å². The van der Waals surface area contributed by atoms with Crippen molar-refractivity contribution in [1.29, 1.82) is 0 Å². The first-order valence-electron chi connectivity index (χ1n) is 7.53. The van der Waals surface area contributed by atoms with E-state index in [1.54, 1.807) is 0 Å². The molecule has 108 valence electrons. The van der Waals surface area contributed by atoms with Crippen molar-refractivity contribution in [2.75, 3.05) is 0 Å². The molecular weight excluding hydrogens is 258 g/mol. The quantitative estimate of drug-likeness (QED) is 0.747. The molecule has 0 radical (unpaired) electrons. The molecule has 0 saturated heterocycles. The third-order valence-corrected chi connectivity index (χ3v) is 3.81. The molecule has 0 aliphatic rings. The Kier molecular flexibility index (Phi) is 3.74. The molecular formula is C18H21N3. The Balaban J connectivity index is 1.95. The zero-order valence-electron chi connectivity index (χ0n) is 12.8. The van der Waals surface area contributed by atoms with E-state index in [-0.39, 0.29) is 0 Å². The number of hydrogen-bond donors (Lipinski definition) is 1. The molecule has 2 heterocycles. The molecule has 0 bridgehead atoms. The molecule has 0 aliphatic heterocycles. The zero-order valence-corrected chi connectivity index (χ0v) is 12.8. The maximum absolute atomic E-state index is 4.73. The van der Waals surface area contributed by atoms with Gasteiger partial charge in [0.05, 0.1) is 11.0 Å². The molecule has 3 heteroatoms. The summed E-state index contributed by atoms with van der Waals surface area (Å²) in [7, 11) is 0. The molecule has 1 atom stereocenters. The minimum absolute atomic E-state index is 0.460. The van der Waals surface area contributed by atoms with Gasteiger partial charge in [0.25, 0.3) is 0 Å². The van der Waals surface area contributed by atoms with E-state index in [4.69, 9.17) is 4.98 Å². The van der Waals surface area contributed by atoms with Crippen molar-refractivity contribution in [3.05, 3.63) is 48.5 Å². The van der Waals surface area contributed by atoms with Gasteiger partial charge in [0, 0.05) is 18.3 Å². The monoisotopic (exact) mass is 279 g/mol. The first kappa shape index (κ1) is 13.8. The number of fused-ring (bicyclic) bond motifs is 1. The van der Waals surface area contributed by atoms with E-state index >= 15 is 0 Å². The second-order valence-corrected chi connectivity index (χ2v) is 6.12. The average Bonchev–Trinajstić information content (AvgIpc) is 2.90. The van der Waals surface area contributed by atoms with Gasteiger partial charge < -0.3 is 4.98 Å². The Hall–Kier alpha value is -2.16. The molecule has 0 saturated carbocycles. The van der Waals surface area contributed by atoms with Crippen molar-refractivity contribution in [2.45, 2.75) is 33.1 Å². The summed E-state index contributed by atoms with van der Waals surface area (Å²) in [5, 5.41) is 0. The van der Waals surface area contributed by atoms with E-state index in [1.165, 1.54) is 11.1 Å². The molecule has 1 N–H and O–H groups in total. The fraction of sp³-hybridized carbons (Fsp3) is 0.333. The maximum Gasteiger partial charge on any atom is 0.110 e. The van der Waals surface area contributed by atoms with Crippen LogP contribution in [0.2, 0.25) is 0 Å². The SMILES string of the molecule is CC(C)CC(C)c1nc2ccc(-c3ccncc3)cc2[nH]1. The molecule has 0 spiro atoms. The van der Waals surface area contributed by atoms with Crippen molar-refractivity contribution >= 4 is 11.0 Å². The van der Waals surface area contributed by atoms with Crippen LogP contribution in [0, 0.1) is 5.92 Å². The number of aromatic nitrogens is 3. The highest BCUT2D eigenvalue weighted by atomic mass is 14.9. The van der Waals surface area contributed by atoms with E-state index < -0.39 is 0 Å². The smallest absolute Gasteiger partial charge is 0.110 e. The van der Waals surface area contributed by atoms with Gasteiger partial charge in [-0.1, -0.05) is 26.8 Å². The van der Waals surface area contributed by atoms with Crippen molar-refractivity contribution in [3.63, 3.8) is 0 Å². The van der Waals surface area contributed by atoms with Gasteiger partial charge in [0.2, 0.25) is 0 Å². The van der Waals surface area contributed by atoms with E-state index in [9.17, 15) is 0 Å². The largest absolute Gasteiger partial charge is 0.342 e. The van der Waals surface area contributed by atoms with Crippen molar-refractivity contribution in [2.24, 2.45) is 5.92 Å². The summed E-state index contributed by atoms with van der Waals surface area (Å²) >= 11 is 0. The summed E-state index contributed by atoms with van der Waals surface area (Å²) in [4.78, 5) is 12.3. The topological polar surface area (TPSA) is 41.6 Å². The lowest BCUT2D eigenvalue weighted by atomic mass is 9.98. The van der Waals surface area contributed by atoms with Crippen LogP contribution in [0.5, 0.6) is 0 Å². The summed E-state index contributed by atoms with van der Waals surface area (Å²) in [5.41, 5.74) is 4.52. The number of hydrogen-bond acceptors (Lipinski definition) is 2. The molecule has 21 heavy (non-hydrogen) atoms. The van der Waals surface area contributed by atoms with Crippen LogP contribution < -0.4 is 0 Å². The summed E-state index contributed by atoms with van der Waals surface area (Å²) in [6, 6.07) is 10.4. The minimum atomic E-state index is 0.460. The Labute approximate surface area is 125 Å². The molecule has 3 nitrogen and oxygen atoms in total. The van der Waals surface area contributed by atoms with Crippen LogP contribution >= 0.6 is 0 Å². The molecule has 2 aromatic heterocycles. The summed E-state index contributed by atoms with van der Waals surface area (Å²) in [6.07, 6.45) is 4.79. The minimum Gasteiger partial charge on any atom is -0.342 e. The van der Waals surface area contributed by atoms with Gasteiger partial charge in [0.15, 0.2) is 0 Å². The van der Waals surface area contributed by atoms with Crippen LogP contribution in [0.15, 0.2) is 42.7 Å². The lowest BCUT2D eigenvalue weighted by Crippen LogP contribution is -2.00. The molecule has 0 fully saturated rings. The fourth-order valence-electron chi connectivity index (χ4n) is 2.81. The second kappa shape index (κ2) is 5.68. The van der Waals surface area contributed by atoms with E-state index in [0.717, 1.165) is 23.3 Å². The van der Waals surface area contributed by atoms with Gasteiger partial charge in [-0.3, -0.25) is 4.98 Å². The number of aromatic amines is 1. The first-order valence-corrected chi connectivity index (χ1v) is 7.53. The first-order chi connectivity index (χ1) is 10.1. The lowest BCUT2D eigenvalue weighted by Gasteiger charge is -2.10. The molecule has 0 amide bonds. The van der Waals surface area contributed by atoms with Crippen molar-refractivity contribution in [1.82, 2.24) is 15.0 Å². The van der Waals surface area contributed by atoms with E-state index in [1.807, 2.05) is 24.5 Å². The molecule has 3 aromatic rings. The number of H-pyrrole nitrogens is 1. The third kappa shape index (κ3) is 2.97. The van der Waals surface area contributed by atoms with E-state index in [2.05, 4.69) is 48.9 Å². The number of imidazole rings is 1. The number of nitrogens with one attached hydrogen (secondary N) is 1. The molecule has 1 unspecified atom stereocenters. The number of rotatable bonds is 4. The fourth-order valence-corrected chi connectivity index (χ4v) is 2.81. The lowest BCUT2D eigenvalue weighted by molar-refractivity contribution is 0.511. The highest BCUT2D eigenvalue weighted by Crippen LogP contribution is 2.26. The van der Waals surface area contributed by atoms with Gasteiger partial charge in [-0.25, -0.2) is 4.98 Å². The van der Waals surface area contributed by atoms with Gasteiger partial charge in [-0.05, 0) is 47.7 Å². The predicted octanol–water partition coefficient (Wildman–Crippen LogP) is 4.77. The Morgan fingerprint density at radius 2 is 1.76 bits per heavy atom. The third-order valence-electron chi connectivity index (χ3n) is 3.81. The summed E-state index contributed by atoms with van der Waals surface area (Å²) in [5.74, 6) is 2.23. The van der Waals surface area contributed by atoms with Gasteiger partial charge in [0.1, 0.15) is 5.82 Å². The van der Waals surface area contributed by atoms with Gasteiger partial charge >= 0.3 is 0 Å². The standard InChI is InChI=1S/C18H21N3/c1-12(2)10-13(3)18-20-16-5-4-15(11-17(16)21-18)14-6-8-19-9-7-14/h4-9,11-13H,10H2,1-3H3,(H,20,21). The Bertz CT molecular complexity index is 729. The predicted molar refractivity (Wildman–Crippen MR) is 87.2 cm³/mol. The van der Waals surface area contributed by atoms with Gasteiger partial charge in [-0.2, -0.15) is 0 Å². The van der Waals surface area contributed by atoms with Crippen LogP contribution in [-0.2, 0) is 0 Å². The maximum atomic E-state index is 4.73. The van der Waals surface area contributed by atoms with Crippen LogP contribution in [0.1, 0.15) is 38.9 Å². The number of pyridine rings is 1. The summed E-state index contributed by atoms with van der Waals surface area (Å²) < 4.78 is 0. The van der Waals surface area contributed by atoms with Crippen LogP contribution in [-0.4, -0.2) is 15.0 Å². The summed E-state index contributed by atoms with van der Waals surface area (Å²) in [6.45, 7) is 6.74. The van der Waals surface area contributed by atoms with Crippen LogP contribution in [0.25, 0.3) is 22.2 Å². The molecule has 1 aromatic carbocycles. The molecule has 0 aliphatic carbocycles. The number of nitrogens with zero attached hydrogens (tertiary/aromatic N) is 2. The van der Waals surface area contributed by atoms with Gasteiger partial charge in [-0.15, -0.1) is 0 Å². The zero-order chi connectivity index (χ0) is 14.8. The second-order valence-electron chi connectivity index (χ2n) is 6.12. The molecule has 3 rings (SSSR count). The normalized spacial score (nSPS) is 13.0. The highest BCUT2D eigenvalue weighted by Gasteiger charge is 2.12. The van der Waals surface area contributed by atoms with Crippen LogP contribution in [0.4, 0.5) is 0 Å². The average molecular weight is 279 g/mol. The number of benzene rings is 1. The van der Waals surface area contributed by atoms with Crippen LogP contribution in [0.3, 0.4) is 0 Å². The Morgan fingerprint density at radius 1 is 1.00 bits per heavy atom. The highest BCUT2D eigenvalue weighted by molar-refractivity contribution is 5.81. The van der Waals surface area contributed by atoms with Crippen molar-refractivity contribution < 1.29 is 0 Å². The van der Waals surface area contributed by atoms with E-state index in [0.29, 0.717) is 11.8 Å².